The average molecular weight is 417 g/mol. The molecule has 1 aromatic heterocycles. The normalized spacial score (nSPS) is 13.1. The number of hydrogen-bond acceptors (Lipinski definition) is 7. The molecule has 3 rings (SSSR count). The summed E-state index contributed by atoms with van der Waals surface area (Å²) in [7, 11) is 0. The van der Waals surface area contributed by atoms with Crippen molar-refractivity contribution in [3.63, 3.8) is 0 Å². The smallest absolute Gasteiger partial charge is 0.326 e. The van der Waals surface area contributed by atoms with Crippen molar-refractivity contribution >= 4 is 39.9 Å². The number of ether oxygens (including phenoxy) is 2. The van der Waals surface area contributed by atoms with Crippen molar-refractivity contribution in [2.45, 2.75) is 27.2 Å². The summed E-state index contributed by atoms with van der Waals surface area (Å²) in [6.45, 7) is 5.60. The Morgan fingerprint density at radius 1 is 1.38 bits per heavy atom. The maximum Gasteiger partial charge on any atom is 0.326 e. The molecule has 1 aliphatic heterocycles. The number of aromatic nitrogens is 1. The minimum Gasteiger partial charge on any atom is -0.482 e. The van der Waals surface area contributed by atoms with Gasteiger partial charge in [0.25, 0.3) is 5.91 Å². The summed E-state index contributed by atoms with van der Waals surface area (Å²) in [4.78, 5) is 42.0. The number of esters is 1. The predicted molar refractivity (Wildman–Crippen MR) is 110 cm³/mol. The van der Waals surface area contributed by atoms with Crippen LogP contribution in [0.1, 0.15) is 27.2 Å². The lowest BCUT2D eigenvalue weighted by Gasteiger charge is -2.28. The van der Waals surface area contributed by atoms with Gasteiger partial charge in [0.15, 0.2) is 11.7 Å². The zero-order valence-corrected chi connectivity index (χ0v) is 17.4. The Kier molecular flexibility index (Phi) is 6.48. The Morgan fingerprint density at radius 2 is 2.17 bits per heavy atom. The van der Waals surface area contributed by atoms with Crippen LogP contribution in [0.25, 0.3) is 11.3 Å². The Hall–Kier alpha value is -2.94. The summed E-state index contributed by atoms with van der Waals surface area (Å²) < 4.78 is 10.4. The minimum absolute atomic E-state index is 0.0778. The number of anilines is 2. The Balaban J connectivity index is 1.82. The standard InChI is InChI=1S/C20H23N3O5S/c1-4-27-19(26)9-23-15-8-13(5-6-16(15)28-10-18(23)25)14-11-29-20(21-14)22-17(24)7-12(2)3/h5-6,8,11-12H,4,7,9-10H2,1-3H3,(H,21,22,24). The van der Waals surface area contributed by atoms with Crippen LogP contribution in [0.3, 0.4) is 0 Å². The van der Waals surface area contributed by atoms with Gasteiger partial charge >= 0.3 is 5.97 Å². The number of nitrogens with one attached hydrogen (secondary N) is 1. The van der Waals surface area contributed by atoms with Crippen molar-refractivity contribution in [3.05, 3.63) is 23.6 Å². The quantitative estimate of drug-likeness (QED) is 0.695. The molecule has 1 aromatic carbocycles. The number of nitrogens with zero attached hydrogens (tertiary/aromatic N) is 2. The fourth-order valence-electron chi connectivity index (χ4n) is 2.88. The van der Waals surface area contributed by atoms with Crippen LogP contribution in [-0.4, -0.2) is 42.5 Å². The van der Waals surface area contributed by atoms with E-state index in [1.165, 1.54) is 16.2 Å². The van der Waals surface area contributed by atoms with Gasteiger partial charge in [0.1, 0.15) is 12.3 Å². The van der Waals surface area contributed by atoms with Crippen LogP contribution in [0.15, 0.2) is 23.6 Å². The first-order chi connectivity index (χ1) is 13.9. The molecule has 9 heteroatoms. The summed E-state index contributed by atoms with van der Waals surface area (Å²) in [6.07, 6.45) is 0.427. The van der Waals surface area contributed by atoms with E-state index >= 15 is 0 Å². The number of benzene rings is 1. The second-order valence-electron chi connectivity index (χ2n) is 6.94. The lowest BCUT2D eigenvalue weighted by molar-refractivity contribution is -0.142. The van der Waals surface area contributed by atoms with Gasteiger partial charge in [0, 0.05) is 17.4 Å². The molecule has 0 radical (unpaired) electrons. The number of thiazole rings is 1. The van der Waals surface area contributed by atoms with E-state index in [1.807, 2.05) is 25.3 Å². The third-order valence-corrected chi connectivity index (χ3v) is 4.89. The Labute approximate surface area is 172 Å². The topological polar surface area (TPSA) is 97.8 Å². The van der Waals surface area contributed by atoms with Gasteiger partial charge in [-0.1, -0.05) is 13.8 Å². The van der Waals surface area contributed by atoms with Gasteiger partial charge in [-0.15, -0.1) is 11.3 Å². The molecule has 0 atom stereocenters. The molecular formula is C20H23N3O5S. The van der Waals surface area contributed by atoms with Crippen molar-refractivity contribution in [2.75, 3.05) is 30.0 Å². The molecule has 0 unspecified atom stereocenters. The third-order valence-electron chi connectivity index (χ3n) is 4.13. The van der Waals surface area contributed by atoms with E-state index in [4.69, 9.17) is 9.47 Å². The first-order valence-corrected chi connectivity index (χ1v) is 10.2. The van der Waals surface area contributed by atoms with Crippen molar-refractivity contribution in [1.29, 1.82) is 0 Å². The van der Waals surface area contributed by atoms with Crippen LogP contribution >= 0.6 is 11.3 Å². The van der Waals surface area contributed by atoms with Crippen LogP contribution in [0.5, 0.6) is 5.75 Å². The van der Waals surface area contributed by atoms with Crippen molar-refractivity contribution in [2.24, 2.45) is 5.92 Å². The molecule has 1 N–H and O–H groups in total. The van der Waals surface area contributed by atoms with E-state index in [9.17, 15) is 14.4 Å². The monoisotopic (exact) mass is 417 g/mol. The zero-order valence-electron chi connectivity index (χ0n) is 16.6. The van der Waals surface area contributed by atoms with Crippen LogP contribution < -0.4 is 15.0 Å². The van der Waals surface area contributed by atoms with Crippen molar-refractivity contribution < 1.29 is 23.9 Å². The molecule has 8 nitrogen and oxygen atoms in total. The van der Waals surface area contributed by atoms with Gasteiger partial charge in [-0.3, -0.25) is 19.3 Å². The van der Waals surface area contributed by atoms with Gasteiger partial charge in [-0.05, 0) is 31.0 Å². The highest BCUT2D eigenvalue weighted by Gasteiger charge is 2.28. The van der Waals surface area contributed by atoms with E-state index in [0.29, 0.717) is 28.7 Å². The lowest BCUT2D eigenvalue weighted by Crippen LogP contribution is -2.42. The largest absolute Gasteiger partial charge is 0.482 e. The van der Waals surface area contributed by atoms with Crippen LogP contribution in [0, 0.1) is 5.92 Å². The molecule has 1 aliphatic rings. The first-order valence-electron chi connectivity index (χ1n) is 9.36. The van der Waals surface area contributed by atoms with E-state index in [-0.39, 0.29) is 37.5 Å². The Morgan fingerprint density at radius 3 is 2.90 bits per heavy atom. The molecule has 0 aliphatic carbocycles. The molecule has 0 saturated carbocycles. The summed E-state index contributed by atoms with van der Waals surface area (Å²) >= 11 is 1.33. The number of rotatable bonds is 7. The molecule has 0 fully saturated rings. The maximum atomic E-state index is 12.3. The minimum atomic E-state index is -0.483. The van der Waals surface area contributed by atoms with E-state index in [1.54, 1.807) is 19.1 Å². The molecule has 2 aromatic rings. The van der Waals surface area contributed by atoms with Gasteiger partial charge < -0.3 is 14.8 Å². The van der Waals surface area contributed by atoms with Crippen molar-refractivity contribution in [3.8, 4) is 17.0 Å². The number of carbonyl (C=O) groups is 3. The summed E-state index contributed by atoms with van der Waals surface area (Å²) in [5, 5.41) is 5.14. The van der Waals surface area contributed by atoms with Gasteiger partial charge in [0.2, 0.25) is 5.91 Å². The summed E-state index contributed by atoms with van der Waals surface area (Å²) in [5.41, 5.74) is 1.90. The van der Waals surface area contributed by atoms with Crippen molar-refractivity contribution in [1.82, 2.24) is 4.98 Å². The number of fused-ring (bicyclic) bond motifs is 1. The molecule has 29 heavy (non-hydrogen) atoms. The van der Waals surface area contributed by atoms with Gasteiger partial charge in [-0.2, -0.15) is 0 Å². The molecule has 2 heterocycles. The average Bonchev–Trinajstić information content (AvgIpc) is 3.11. The predicted octanol–water partition coefficient (Wildman–Crippen LogP) is 3.08. The third kappa shape index (κ3) is 5.11. The molecule has 0 spiro atoms. The molecule has 2 amide bonds. The first kappa shape index (κ1) is 20.8. The summed E-state index contributed by atoms with van der Waals surface area (Å²) in [6, 6.07) is 5.32. The van der Waals surface area contributed by atoms with Gasteiger partial charge in [-0.25, -0.2) is 4.98 Å². The number of hydrogen-bond donors (Lipinski definition) is 1. The number of amides is 2. The SMILES string of the molecule is CCOC(=O)CN1C(=O)COc2ccc(-c3csc(NC(=O)CC(C)C)n3)cc21. The fourth-order valence-corrected chi connectivity index (χ4v) is 3.61. The molecule has 0 bridgehead atoms. The van der Waals surface area contributed by atoms with Crippen LogP contribution in [0.2, 0.25) is 0 Å². The second kappa shape index (κ2) is 9.04. The van der Waals surface area contributed by atoms with E-state index in [0.717, 1.165) is 5.56 Å². The van der Waals surface area contributed by atoms with Crippen LogP contribution in [-0.2, 0) is 19.1 Å². The van der Waals surface area contributed by atoms with Crippen LogP contribution in [0.4, 0.5) is 10.8 Å². The van der Waals surface area contributed by atoms with Gasteiger partial charge in [0.05, 0.1) is 18.0 Å². The lowest BCUT2D eigenvalue weighted by atomic mass is 10.1. The highest BCUT2D eigenvalue weighted by molar-refractivity contribution is 7.14. The molecular weight excluding hydrogens is 394 g/mol. The second-order valence-corrected chi connectivity index (χ2v) is 7.80. The fraction of sp³-hybridized carbons (Fsp3) is 0.400. The molecule has 0 saturated heterocycles. The Bertz CT molecular complexity index is 925. The summed E-state index contributed by atoms with van der Waals surface area (Å²) in [5.74, 6) is -0.104. The number of carbonyl (C=O) groups excluding carboxylic acids is 3. The highest BCUT2D eigenvalue weighted by Crippen LogP contribution is 2.36. The maximum absolute atomic E-state index is 12.3. The highest BCUT2D eigenvalue weighted by atomic mass is 32.1. The molecule has 154 valence electrons. The van der Waals surface area contributed by atoms with E-state index < -0.39 is 5.97 Å². The van der Waals surface area contributed by atoms with E-state index in [2.05, 4.69) is 10.3 Å². The zero-order chi connectivity index (χ0) is 21.0.